The van der Waals surface area contributed by atoms with E-state index in [0.29, 0.717) is 12.1 Å². The number of nitrogen functional groups attached to an aromatic ring is 1. The summed E-state index contributed by atoms with van der Waals surface area (Å²) < 4.78 is 5.25. The fourth-order valence-electron chi connectivity index (χ4n) is 2.23. The van der Waals surface area contributed by atoms with Crippen molar-refractivity contribution in [3.05, 3.63) is 18.3 Å². The first-order valence-corrected chi connectivity index (χ1v) is 5.78. The number of aromatic amines is 1. The number of rotatable bonds is 3. The summed E-state index contributed by atoms with van der Waals surface area (Å²) in [5.74, 6) is 0. The number of nitrogens with two attached hydrogens (primary N) is 1. The Morgan fingerprint density at radius 3 is 3.06 bits per heavy atom. The van der Waals surface area contributed by atoms with Gasteiger partial charge in [0, 0.05) is 18.5 Å². The average molecular weight is 232 g/mol. The molecule has 0 radical (unpaired) electrons. The Labute approximate surface area is 99.3 Å². The van der Waals surface area contributed by atoms with E-state index in [1.165, 1.54) is 0 Å². The monoisotopic (exact) mass is 232 g/mol. The van der Waals surface area contributed by atoms with Gasteiger partial charge in [0.05, 0.1) is 29.2 Å². The summed E-state index contributed by atoms with van der Waals surface area (Å²) in [7, 11) is 1.76. The van der Waals surface area contributed by atoms with E-state index in [0.717, 1.165) is 35.1 Å². The molecule has 1 saturated carbocycles. The fraction of sp³-hybridized carbons (Fsp3) is 0.417. The van der Waals surface area contributed by atoms with Crippen LogP contribution in [-0.4, -0.2) is 29.5 Å². The lowest BCUT2D eigenvalue weighted by Crippen LogP contribution is -2.40. The Morgan fingerprint density at radius 2 is 2.29 bits per heavy atom. The number of fused-ring (bicyclic) bond motifs is 1. The second-order valence-electron chi connectivity index (χ2n) is 4.57. The molecule has 90 valence electrons. The third kappa shape index (κ3) is 1.82. The number of benzene rings is 1. The van der Waals surface area contributed by atoms with E-state index < -0.39 is 0 Å². The molecule has 1 aromatic carbocycles. The number of nitrogens with zero attached hydrogens (tertiary/aromatic N) is 1. The maximum Gasteiger partial charge on any atom is 0.0672 e. The van der Waals surface area contributed by atoms with Crippen LogP contribution in [0.25, 0.3) is 10.9 Å². The molecule has 0 amide bonds. The molecule has 4 N–H and O–H groups in total. The first-order valence-electron chi connectivity index (χ1n) is 5.78. The molecule has 1 aromatic heterocycles. The minimum Gasteiger partial charge on any atom is -0.397 e. The van der Waals surface area contributed by atoms with E-state index >= 15 is 0 Å². The van der Waals surface area contributed by atoms with Crippen molar-refractivity contribution in [2.24, 2.45) is 0 Å². The number of hydrogen-bond acceptors (Lipinski definition) is 4. The minimum atomic E-state index is 0.393. The molecule has 3 rings (SSSR count). The van der Waals surface area contributed by atoms with Crippen LogP contribution in [0, 0.1) is 0 Å². The lowest BCUT2D eigenvalue weighted by atomic mass is 9.89. The van der Waals surface area contributed by atoms with Crippen LogP contribution in [-0.2, 0) is 4.74 Å². The quantitative estimate of drug-likeness (QED) is 0.704. The van der Waals surface area contributed by atoms with Gasteiger partial charge in [0.15, 0.2) is 0 Å². The third-order valence-corrected chi connectivity index (χ3v) is 3.40. The molecule has 1 aliphatic rings. The largest absolute Gasteiger partial charge is 0.397 e. The van der Waals surface area contributed by atoms with Crippen molar-refractivity contribution >= 4 is 22.3 Å². The molecular weight excluding hydrogens is 216 g/mol. The maximum atomic E-state index is 6.00. The predicted molar refractivity (Wildman–Crippen MR) is 67.9 cm³/mol. The van der Waals surface area contributed by atoms with Crippen LogP contribution < -0.4 is 11.1 Å². The van der Waals surface area contributed by atoms with Gasteiger partial charge < -0.3 is 15.8 Å². The van der Waals surface area contributed by atoms with Crippen molar-refractivity contribution < 1.29 is 4.74 Å². The summed E-state index contributed by atoms with van der Waals surface area (Å²) in [5.41, 5.74) is 8.75. The highest BCUT2D eigenvalue weighted by molar-refractivity contribution is 5.88. The molecule has 2 aromatic rings. The van der Waals surface area contributed by atoms with Gasteiger partial charge in [0.1, 0.15) is 0 Å². The zero-order chi connectivity index (χ0) is 11.8. The van der Waals surface area contributed by atoms with Gasteiger partial charge in [-0.3, -0.25) is 5.10 Å². The van der Waals surface area contributed by atoms with Gasteiger partial charge in [-0.15, -0.1) is 0 Å². The second kappa shape index (κ2) is 3.92. The van der Waals surface area contributed by atoms with Gasteiger partial charge in [-0.1, -0.05) is 0 Å². The molecule has 1 aliphatic carbocycles. The molecule has 5 nitrogen and oxygen atoms in total. The van der Waals surface area contributed by atoms with Crippen molar-refractivity contribution in [3.8, 4) is 0 Å². The lowest BCUT2D eigenvalue weighted by molar-refractivity contribution is 0.0329. The molecule has 1 fully saturated rings. The zero-order valence-electron chi connectivity index (χ0n) is 9.73. The molecule has 17 heavy (non-hydrogen) atoms. The van der Waals surface area contributed by atoms with E-state index in [9.17, 15) is 0 Å². The van der Waals surface area contributed by atoms with Gasteiger partial charge >= 0.3 is 0 Å². The highest BCUT2D eigenvalue weighted by Gasteiger charge is 2.29. The number of aromatic nitrogens is 2. The molecular formula is C12H16N4O. The smallest absolute Gasteiger partial charge is 0.0672 e. The Bertz CT molecular complexity index is 530. The van der Waals surface area contributed by atoms with E-state index in [2.05, 4.69) is 15.5 Å². The molecule has 0 atom stereocenters. The van der Waals surface area contributed by atoms with E-state index in [1.54, 1.807) is 13.3 Å². The fourth-order valence-corrected chi connectivity index (χ4v) is 2.23. The van der Waals surface area contributed by atoms with Crippen LogP contribution in [0.4, 0.5) is 11.4 Å². The van der Waals surface area contributed by atoms with Gasteiger partial charge in [-0.25, -0.2) is 0 Å². The predicted octanol–water partition coefficient (Wildman–Crippen LogP) is 1.73. The first-order chi connectivity index (χ1) is 8.26. The summed E-state index contributed by atoms with van der Waals surface area (Å²) in [4.78, 5) is 0. The first kappa shape index (κ1) is 10.4. The molecule has 0 spiro atoms. The summed E-state index contributed by atoms with van der Waals surface area (Å²) >= 11 is 0. The van der Waals surface area contributed by atoms with Gasteiger partial charge in [-0.05, 0) is 25.0 Å². The Morgan fingerprint density at radius 1 is 1.47 bits per heavy atom. The number of methoxy groups -OCH3 is 1. The van der Waals surface area contributed by atoms with Gasteiger partial charge in [0.2, 0.25) is 0 Å². The zero-order valence-corrected chi connectivity index (χ0v) is 9.73. The van der Waals surface area contributed by atoms with Gasteiger partial charge in [0.25, 0.3) is 0 Å². The number of ether oxygens (including phenoxy) is 1. The molecule has 0 unspecified atom stereocenters. The topological polar surface area (TPSA) is 76.0 Å². The minimum absolute atomic E-state index is 0.393. The molecule has 0 aliphatic heterocycles. The van der Waals surface area contributed by atoms with Crippen LogP contribution in [0.5, 0.6) is 0 Å². The number of anilines is 2. The molecule has 0 bridgehead atoms. The van der Waals surface area contributed by atoms with Crippen molar-refractivity contribution in [1.82, 2.24) is 10.2 Å². The SMILES string of the molecule is COC1CC(Nc2cc3[nH]ncc3cc2N)C1. The highest BCUT2D eigenvalue weighted by Crippen LogP contribution is 2.30. The highest BCUT2D eigenvalue weighted by atomic mass is 16.5. The molecule has 1 heterocycles. The Hall–Kier alpha value is -1.75. The van der Waals surface area contributed by atoms with Crippen LogP contribution in [0.1, 0.15) is 12.8 Å². The standard InChI is InChI=1S/C12H16N4O/c1-17-9-3-8(4-9)15-12-5-11-7(2-10(12)13)6-14-16-11/h2,5-6,8-9,15H,3-4,13H2,1H3,(H,14,16). The van der Waals surface area contributed by atoms with Crippen LogP contribution in [0.2, 0.25) is 0 Å². The normalized spacial score (nSPS) is 23.6. The Kier molecular flexibility index (Phi) is 2.40. The number of nitrogens with one attached hydrogen (secondary N) is 2. The van der Waals surface area contributed by atoms with E-state index in [4.69, 9.17) is 10.5 Å². The van der Waals surface area contributed by atoms with Crippen LogP contribution in [0.3, 0.4) is 0 Å². The van der Waals surface area contributed by atoms with Crippen LogP contribution >= 0.6 is 0 Å². The van der Waals surface area contributed by atoms with E-state index in [-0.39, 0.29) is 0 Å². The lowest BCUT2D eigenvalue weighted by Gasteiger charge is -2.35. The summed E-state index contributed by atoms with van der Waals surface area (Å²) in [6, 6.07) is 4.41. The maximum absolute atomic E-state index is 6.00. The van der Waals surface area contributed by atoms with Crippen molar-refractivity contribution in [1.29, 1.82) is 0 Å². The van der Waals surface area contributed by atoms with Crippen molar-refractivity contribution in [2.45, 2.75) is 25.0 Å². The van der Waals surface area contributed by atoms with Crippen LogP contribution in [0.15, 0.2) is 18.3 Å². The summed E-state index contributed by atoms with van der Waals surface area (Å²) in [6.07, 6.45) is 4.25. The Balaban J connectivity index is 1.78. The van der Waals surface area contributed by atoms with E-state index in [1.807, 2.05) is 12.1 Å². The molecule has 0 saturated heterocycles. The van der Waals surface area contributed by atoms with Crippen molar-refractivity contribution in [2.75, 3.05) is 18.2 Å². The number of hydrogen-bond donors (Lipinski definition) is 3. The third-order valence-electron chi connectivity index (χ3n) is 3.40. The van der Waals surface area contributed by atoms with Crippen molar-refractivity contribution in [3.63, 3.8) is 0 Å². The summed E-state index contributed by atoms with van der Waals surface area (Å²) in [5, 5.41) is 11.4. The average Bonchev–Trinajstić information content (AvgIpc) is 2.69. The summed E-state index contributed by atoms with van der Waals surface area (Å²) in [6.45, 7) is 0. The van der Waals surface area contributed by atoms with Gasteiger partial charge in [-0.2, -0.15) is 5.10 Å². The molecule has 5 heteroatoms. The second-order valence-corrected chi connectivity index (χ2v) is 4.57. The number of H-pyrrole nitrogens is 1.